The van der Waals surface area contributed by atoms with Gasteiger partial charge in [0.2, 0.25) is 0 Å². The minimum atomic E-state index is 1.11. The molecule has 10 aromatic rings. The van der Waals surface area contributed by atoms with E-state index in [1.54, 1.807) is 0 Å². The Morgan fingerprint density at radius 2 is 0.731 bits per heavy atom. The molecule has 0 radical (unpaired) electrons. The summed E-state index contributed by atoms with van der Waals surface area (Å²) in [5, 5.41) is 5.03. The molecular weight excluding hydrogens is 629 g/mol. The predicted octanol–water partition coefficient (Wildman–Crippen LogP) is 13.3. The Morgan fingerprint density at radius 1 is 0.288 bits per heavy atom. The van der Waals surface area contributed by atoms with Gasteiger partial charge in [-0.05, 0) is 117 Å². The molecule has 1 aliphatic carbocycles. The lowest BCUT2D eigenvalue weighted by Crippen LogP contribution is -1.94. The first kappa shape index (κ1) is 28.9. The van der Waals surface area contributed by atoms with E-state index in [9.17, 15) is 0 Å². The van der Waals surface area contributed by atoms with E-state index >= 15 is 0 Å². The van der Waals surface area contributed by atoms with Gasteiger partial charge in [0.25, 0.3) is 0 Å². The lowest BCUT2D eigenvalue weighted by molar-refractivity contribution is 1.18. The highest BCUT2D eigenvalue weighted by atomic mass is 15.0. The SMILES string of the molecule is C=C1c2ccccc2-c2cc(-c3ccc(-n4c5ccccc5c5cc(-c6ccc7c(c6)c6ccccc6n7-c6ccccc6)ccc54)cc3)ccc21. The van der Waals surface area contributed by atoms with Gasteiger partial charge in [-0.3, -0.25) is 0 Å². The first-order chi connectivity index (χ1) is 25.7. The topological polar surface area (TPSA) is 9.86 Å². The number of fused-ring (bicyclic) bond motifs is 9. The highest BCUT2D eigenvalue weighted by Crippen LogP contribution is 2.45. The molecule has 2 heterocycles. The summed E-state index contributed by atoms with van der Waals surface area (Å²) in [6.45, 7) is 4.38. The second-order valence-corrected chi connectivity index (χ2v) is 13.8. The molecule has 0 unspecified atom stereocenters. The standard InChI is InChI=1S/C50H32N2/c1-32-39-13-5-6-14-41(39)44-29-34(21-26-40(32)44)33-19-24-38(25-20-33)52-48-18-10-8-16-43(48)46-31-36(23-28-50(46)52)35-22-27-49-45(30-35)42-15-7-9-17-47(42)51(49)37-11-3-2-4-12-37/h2-31H,1H2. The van der Waals surface area contributed by atoms with Crippen molar-refractivity contribution in [2.45, 2.75) is 0 Å². The van der Waals surface area contributed by atoms with Crippen LogP contribution in [0.3, 0.4) is 0 Å². The molecule has 242 valence electrons. The molecule has 0 saturated heterocycles. The molecule has 0 saturated carbocycles. The largest absolute Gasteiger partial charge is 0.309 e. The van der Waals surface area contributed by atoms with Crippen LogP contribution in [0.4, 0.5) is 0 Å². The molecule has 0 atom stereocenters. The summed E-state index contributed by atoms with van der Waals surface area (Å²) in [4.78, 5) is 0. The van der Waals surface area contributed by atoms with Crippen LogP contribution in [0.15, 0.2) is 189 Å². The van der Waals surface area contributed by atoms with Crippen LogP contribution in [0.1, 0.15) is 11.1 Å². The van der Waals surface area contributed by atoms with E-state index in [0.717, 1.165) is 11.3 Å². The lowest BCUT2D eigenvalue weighted by Gasteiger charge is -2.11. The van der Waals surface area contributed by atoms with Crippen molar-refractivity contribution in [3.63, 3.8) is 0 Å². The molecule has 0 N–H and O–H groups in total. The number of benzene rings is 8. The molecule has 0 spiro atoms. The second kappa shape index (κ2) is 11.1. The molecule has 0 bridgehead atoms. The van der Waals surface area contributed by atoms with Crippen LogP contribution in [-0.2, 0) is 0 Å². The molecule has 2 heteroatoms. The fourth-order valence-electron chi connectivity index (χ4n) is 8.58. The number of para-hydroxylation sites is 3. The summed E-state index contributed by atoms with van der Waals surface area (Å²) < 4.78 is 4.77. The maximum Gasteiger partial charge on any atom is 0.0541 e. The van der Waals surface area contributed by atoms with E-state index in [0.29, 0.717) is 0 Å². The maximum atomic E-state index is 4.38. The number of hydrogen-bond donors (Lipinski definition) is 0. The van der Waals surface area contributed by atoms with Crippen LogP contribution >= 0.6 is 0 Å². The molecule has 8 aromatic carbocycles. The van der Waals surface area contributed by atoms with Gasteiger partial charge in [0.05, 0.1) is 22.1 Å². The molecule has 2 nitrogen and oxygen atoms in total. The van der Waals surface area contributed by atoms with E-state index in [-0.39, 0.29) is 0 Å². The third-order valence-electron chi connectivity index (χ3n) is 11.0. The smallest absolute Gasteiger partial charge is 0.0541 e. The third kappa shape index (κ3) is 4.19. The second-order valence-electron chi connectivity index (χ2n) is 13.8. The van der Waals surface area contributed by atoms with Crippen molar-refractivity contribution < 1.29 is 0 Å². The zero-order valence-electron chi connectivity index (χ0n) is 28.4. The number of nitrogens with zero attached hydrogens (tertiary/aromatic N) is 2. The Labute approximate surface area is 301 Å². The van der Waals surface area contributed by atoms with Gasteiger partial charge in [-0.15, -0.1) is 0 Å². The van der Waals surface area contributed by atoms with Crippen LogP contribution in [0, 0.1) is 0 Å². The Kier molecular flexibility index (Phi) is 6.14. The first-order valence-electron chi connectivity index (χ1n) is 17.9. The van der Waals surface area contributed by atoms with Gasteiger partial charge < -0.3 is 9.13 Å². The fraction of sp³-hybridized carbons (Fsp3) is 0. The van der Waals surface area contributed by atoms with Crippen molar-refractivity contribution in [1.29, 1.82) is 0 Å². The van der Waals surface area contributed by atoms with Gasteiger partial charge in [0, 0.05) is 32.9 Å². The molecule has 2 aromatic heterocycles. The minimum Gasteiger partial charge on any atom is -0.309 e. The number of hydrogen-bond acceptors (Lipinski definition) is 0. The van der Waals surface area contributed by atoms with Crippen molar-refractivity contribution in [1.82, 2.24) is 9.13 Å². The van der Waals surface area contributed by atoms with Crippen LogP contribution in [0.25, 0.3) is 93.9 Å². The molecular formula is C50H32N2. The summed E-state index contributed by atoms with van der Waals surface area (Å²) in [6.07, 6.45) is 0. The van der Waals surface area contributed by atoms with Gasteiger partial charge in [0.1, 0.15) is 0 Å². The maximum absolute atomic E-state index is 4.38. The van der Waals surface area contributed by atoms with E-state index in [1.807, 2.05) is 0 Å². The molecule has 11 rings (SSSR count). The summed E-state index contributed by atoms with van der Waals surface area (Å²) in [5.41, 5.74) is 18.1. The van der Waals surface area contributed by atoms with Crippen molar-refractivity contribution in [3.05, 3.63) is 200 Å². The predicted molar refractivity (Wildman–Crippen MR) is 220 cm³/mol. The Morgan fingerprint density at radius 3 is 1.37 bits per heavy atom. The molecule has 52 heavy (non-hydrogen) atoms. The Balaban J connectivity index is 1.01. The van der Waals surface area contributed by atoms with Crippen molar-refractivity contribution in [3.8, 4) is 44.8 Å². The van der Waals surface area contributed by atoms with Crippen molar-refractivity contribution in [2.75, 3.05) is 0 Å². The van der Waals surface area contributed by atoms with Gasteiger partial charge >= 0.3 is 0 Å². The van der Waals surface area contributed by atoms with Crippen molar-refractivity contribution >= 4 is 49.2 Å². The highest BCUT2D eigenvalue weighted by molar-refractivity contribution is 6.12. The number of rotatable bonds is 4. The van der Waals surface area contributed by atoms with Gasteiger partial charge in [-0.25, -0.2) is 0 Å². The van der Waals surface area contributed by atoms with E-state index in [2.05, 4.69) is 198 Å². The fourth-order valence-corrected chi connectivity index (χ4v) is 8.58. The average molecular weight is 661 g/mol. The zero-order chi connectivity index (χ0) is 34.3. The molecule has 0 fully saturated rings. The third-order valence-corrected chi connectivity index (χ3v) is 11.0. The molecule has 0 amide bonds. The van der Waals surface area contributed by atoms with Crippen LogP contribution < -0.4 is 0 Å². The summed E-state index contributed by atoms with van der Waals surface area (Å²) in [6, 6.07) is 66.4. The lowest BCUT2D eigenvalue weighted by atomic mass is 9.98. The zero-order valence-corrected chi connectivity index (χ0v) is 28.4. The van der Waals surface area contributed by atoms with E-state index in [1.165, 1.54) is 93.8 Å². The Hall–Kier alpha value is -6.90. The summed E-state index contributed by atoms with van der Waals surface area (Å²) >= 11 is 0. The van der Waals surface area contributed by atoms with E-state index in [4.69, 9.17) is 0 Å². The molecule has 0 aliphatic heterocycles. The summed E-state index contributed by atoms with van der Waals surface area (Å²) in [5.74, 6) is 0. The van der Waals surface area contributed by atoms with Gasteiger partial charge in [-0.2, -0.15) is 0 Å². The molecule has 1 aliphatic rings. The van der Waals surface area contributed by atoms with Gasteiger partial charge in [0.15, 0.2) is 0 Å². The minimum absolute atomic E-state index is 1.11. The normalized spacial score (nSPS) is 12.3. The van der Waals surface area contributed by atoms with E-state index < -0.39 is 0 Å². The average Bonchev–Trinajstić information content (AvgIpc) is 3.83. The van der Waals surface area contributed by atoms with Gasteiger partial charge in [-0.1, -0.05) is 122 Å². The monoisotopic (exact) mass is 660 g/mol. The van der Waals surface area contributed by atoms with Crippen LogP contribution in [-0.4, -0.2) is 9.13 Å². The number of aromatic nitrogens is 2. The Bertz CT molecular complexity index is 3060. The highest BCUT2D eigenvalue weighted by Gasteiger charge is 2.22. The first-order valence-corrected chi connectivity index (χ1v) is 17.9. The van der Waals surface area contributed by atoms with Crippen LogP contribution in [0.2, 0.25) is 0 Å². The van der Waals surface area contributed by atoms with Crippen molar-refractivity contribution in [2.24, 2.45) is 0 Å². The van der Waals surface area contributed by atoms with Crippen LogP contribution in [0.5, 0.6) is 0 Å². The summed E-state index contributed by atoms with van der Waals surface area (Å²) in [7, 11) is 0. The quantitative estimate of drug-likeness (QED) is 0.178.